The van der Waals surface area contributed by atoms with Crippen LogP contribution in [-0.4, -0.2) is 37.4 Å². The first-order chi connectivity index (χ1) is 8.29. The summed E-state index contributed by atoms with van der Waals surface area (Å²) in [5.74, 6) is -2.60. The molecule has 1 aromatic rings. The number of carboxylic acids is 2. The van der Waals surface area contributed by atoms with Crippen molar-refractivity contribution < 1.29 is 30.1 Å². The minimum absolute atomic E-state index is 0.267. The van der Waals surface area contributed by atoms with Crippen molar-refractivity contribution in [3.63, 3.8) is 0 Å². The standard InChI is InChI=1S/C9H9NO4.HNO3/c1-2-5-3-6(8(11)12)7(9(13)14)10-4-5;2-1(3)4/h3-4H,2H2,1H3,(H,11,12)(H,13,14);(H,2,3,4). The lowest BCUT2D eigenvalue weighted by atomic mass is 10.1. The number of carboxylic acid groups (broad SMARTS) is 2. The van der Waals surface area contributed by atoms with Crippen molar-refractivity contribution in [3.8, 4) is 0 Å². The summed E-state index contributed by atoms with van der Waals surface area (Å²) in [5, 5.41) is 31.0. The second-order valence-electron chi connectivity index (χ2n) is 2.94. The van der Waals surface area contributed by atoms with Gasteiger partial charge in [0.05, 0.1) is 5.56 Å². The molecule has 0 aliphatic heterocycles. The van der Waals surface area contributed by atoms with Crippen LogP contribution in [0.5, 0.6) is 0 Å². The van der Waals surface area contributed by atoms with Gasteiger partial charge in [0.25, 0.3) is 5.09 Å². The summed E-state index contributed by atoms with van der Waals surface area (Å²) in [5.41, 5.74) is 0.0129. The van der Waals surface area contributed by atoms with E-state index in [1.54, 1.807) is 0 Å². The van der Waals surface area contributed by atoms with Crippen molar-refractivity contribution >= 4 is 11.9 Å². The number of rotatable bonds is 3. The molecule has 0 bridgehead atoms. The third kappa shape index (κ3) is 4.88. The van der Waals surface area contributed by atoms with Gasteiger partial charge in [0, 0.05) is 6.20 Å². The quantitative estimate of drug-likeness (QED) is 0.529. The molecular formula is C9H10N2O7. The van der Waals surface area contributed by atoms with Gasteiger partial charge >= 0.3 is 11.9 Å². The molecule has 9 heteroatoms. The van der Waals surface area contributed by atoms with E-state index >= 15 is 0 Å². The van der Waals surface area contributed by atoms with Crippen molar-refractivity contribution in [2.24, 2.45) is 0 Å². The molecule has 9 nitrogen and oxygen atoms in total. The van der Waals surface area contributed by atoms with Crippen LogP contribution in [0, 0.1) is 10.1 Å². The molecule has 0 unspecified atom stereocenters. The lowest BCUT2D eigenvalue weighted by Crippen LogP contribution is -2.11. The molecule has 3 N–H and O–H groups in total. The highest BCUT2D eigenvalue weighted by Gasteiger charge is 2.17. The average molecular weight is 258 g/mol. The Labute approximate surface area is 100 Å². The second-order valence-corrected chi connectivity index (χ2v) is 2.94. The monoisotopic (exact) mass is 258 g/mol. The number of carbonyl (C=O) groups is 2. The predicted octanol–water partition coefficient (Wildman–Crippen LogP) is 0.693. The minimum atomic E-state index is -1.50. The van der Waals surface area contributed by atoms with Crippen LogP contribution < -0.4 is 0 Å². The fourth-order valence-electron chi connectivity index (χ4n) is 1.03. The molecule has 0 saturated carbocycles. The topological polar surface area (TPSA) is 151 Å². The number of aromatic nitrogens is 1. The highest BCUT2D eigenvalue weighted by atomic mass is 16.9. The normalized spacial score (nSPS) is 8.94. The molecule has 98 valence electrons. The number of hydrogen-bond donors (Lipinski definition) is 3. The third-order valence-corrected chi connectivity index (χ3v) is 1.79. The van der Waals surface area contributed by atoms with Crippen molar-refractivity contribution in [2.75, 3.05) is 0 Å². The molecule has 0 radical (unpaired) electrons. The third-order valence-electron chi connectivity index (χ3n) is 1.79. The SMILES string of the molecule is CCc1cnc(C(=O)O)c(C(=O)O)c1.O=[N+]([O-])O. The summed E-state index contributed by atoms with van der Waals surface area (Å²) in [6.07, 6.45) is 1.99. The van der Waals surface area contributed by atoms with Crippen molar-refractivity contribution in [2.45, 2.75) is 13.3 Å². The molecule has 0 fully saturated rings. The Balaban J connectivity index is 0.000000631. The Bertz CT molecular complexity index is 468. The molecule has 0 aromatic carbocycles. The molecule has 0 saturated heterocycles. The number of nitrogens with zero attached hydrogens (tertiary/aromatic N) is 2. The van der Waals surface area contributed by atoms with Gasteiger partial charge in [-0.1, -0.05) is 6.92 Å². The lowest BCUT2D eigenvalue weighted by Gasteiger charge is -2.02. The summed E-state index contributed by atoms with van der Waals surface area (Å²) >= 11 is 0. The van der Waals surface area contributed by atoms with Crippen molar-refractivity contribution in [3.05, 3.63) is 39.2 Å². The van der Waals surface area contributed by atoms with Gasteiger partial charge in [-0.15, -0.1) is 10.1 Å². The average Bonchev–Trinajstić information content (AvgIpc) is 2.27. The van der Waals surface area contributed by atoms with Crippen molar-refractivity contribution in [1.29, 1.82) is 0 Å². The smallest absolute Gasteiger partial charge is 0.355 e. The van der Waals surface area contributed by atoms with Gasteiger partial charge in [-0.3, -0.25) is 0 Å². The molecular weight excluding hydrogens is 248 g/mol. The maximum Gasteiger partial charge on any atom is 0.355 e. The lowest BCUT2D eigenvalue weighted by molar-refractivity contribution is -0.742. The molecule has 1 aromatic heterocycles. The summed E-state index contributed by atoms with van der Waals surface area (Å²) in [6, 6.07) is 1.33. The first-order valence-electron chi connectivity index (χ1n) is 4.58. The molecule has 0 aliphatic rings. The molecule has 0 amide bonds. The van der Waals surface area contributed by atoms with Crippen LogP contribution in [0.25, 0.3) is 0 Å². The van der Waals surface area contributed by atoms with E-state index in [9.17, 15) is 9.59 Å². The maximum atomic E-state index is 10.7. The summed E-state index contributed by atoms with van der Waals surface area (Å²) < 4.78 is 0. The van der Waals surface area contributed by atoms with E-state index in [1.807, 2.05) is 6.92 Å². The Kier molecular flexibility index (Phi) is 5.76. The van der Waals surface area contributed by atoms with E-state index in [2.05, 4.69) is 4.98 Å². The number of pyridine rings is 1. The van der Waals surface area contributed by atoms with E-state index in [1.165, 1.54) is 12.3 Å². The summed E-state index contributed by atoms with van der Waals surface area (Å²) in [6.45, 7) is 1.84. The molecule has 1 rings (SSSR count). The van der Waals surface area contributed by atoms with Crippen LogP contribution in [0.15, 0.2) is 12.3 Å². The Morgan fingerprint density at radius 1 is 1.39 bits per heavy atom. The van der Waals surface area contributed by atoms with Crippen LogP contribution in [0.2, 0.25) is 0 Å². The zero-order chi connectivity index (χ0) is 14.3. The van der Waals surface area contributed by atoms with Crippen molar-refractivity contribution in [1.82, 2.24) is 4.98 Å². The van der Waals surface area contributed by atoms with E-state index in [0.717, 1.165) is 0 Å². The van der Waals surface area contributed by atoms with Crippen LogP contribution in [0.3, 0.4) is 0 Å². The minimum Gasteiger partial charge on any atom is -0.478 e. The van der Waals surface area contributed by atoms with E-state index < -0.39 is 22.7 Å². The van der Waals surface area contributed by atoms with Gasteiger partial charge in [-0.2, -0.15) is 0 Å². The summed E-state index contributed by atoms with van der Waals surface area (Å²) in [4.78, 5) is 33.2. The first-order valence-corrected chi connectivity index (χ1v) is 4.58. The number of aryl methyl sites for hydroxylation is 1. The molecule has 0 aliphatic carbocycles. The van der Waals surface area contributed by atoms with Crippen LogP contribution in [-0.2, 0) is 6.42 Å². The molecule has 1 heterocycles. The van der Waals surface area contributed by atoms with Gasteiger partial charge in [0.15, 0.2) is 5.69 Å². The zero-order valence-corrected chi connectivity index (χ0v) is 9.23. The summed E-state index contributed by atoms with van der Waals surface area (Å²) in [7, 11) is 0. The van der Waals surface area contributed by atoms with Gasteiger partial charge in [0.1, 0.15) is 0 Å². The largest absolute Gasteiger partial charge is 0.478 e. The highest BCUT2D eigenvalue weighted by molar-refractivity contribution is 6.00. The van der Waals surface area contributed by atoms with E-state index in [-0.39, 0.29) is 5.56 Å². The van der Waals surface area contributed by atoms with Crippen LogP contribution >= 0.6 is 0 Å². The second kappa shape index (κ2) is 6.78. The van der Waals surface area contributed by atoms with Gasteiger partial charge in [-0.25, -0.2) is 14.6 Å². The Morgan fingerprint density at radius 2 is 1.89 bits per heavy atom. The first kappa shape index (κ1) is 15.3. The molecule has 0 atom stereocenters. The van der Waals surface area contributed by atoms with E-state index in [4.69, 9.17) is 25.5 Å². The predicted molar refractivity (Wildman–Crippen MR) is 56.3 cm³/mol. The highest BCUT2D eigenvalue weighted by Crippen LogP contribution is 2.09. The Morgan fingerprint density at radius 3 is 2.22 bits per heavy atom. The fraction of sp³-hybridized carbons (Fsp3) is 0.222. The van der Waals surface area contributed by atoms with Gasteiger partial charge in [-0.05, 0) is 18.1 Å². The van der Waals surface area contributed by atoms with Crippen LogP contribution in [0.4, 0.5) is 0 Å². The number of aromatic carboxylic acids is 2. The van der Waals surface area contributed by atoms with Gasteiger partial charge in [0.2, 0.25) is 0 Å². The van der Waals surface area contributed by atoms with Gasteiger partial charge < -0.3 is 15.4 Å². The molecule has 0 spiro atoms. The molecule has 18 heavy (non-hydrogen) atoms. The maximum absolute atomic E-state index is 10.7. The fourth-order valence-corrected chi connectivity index (χ4v) is 1.03. The van der Waals surface area contributed by atoms with Crippen LogP contribution in [0.1, 0.15) is 33.3 Å². The Hall–Kier alpha value is -2.71. The zero-order valence-electron chi connectivity index (χ0n) is 9.23. The van der Waals surface area contributed by atoms with E-state index in [0.29, 0.717) is 12.0 Å². The number of hydrogen-bond acceptors (Lipinski definition) is 5.